The number of aryl methyl sites for hydroxylation is 1. The van der Waals surface area contributed by atoms with Gasteiger partial charge in [-0.15, -0.1) is 0 Å². The molecular weight excluding hydrogens is 410 g/mol. The predicted octanol–water partition coefficient (Wildman–Crippen LogP) is 3.99. The number of H-pyrrole nitrogens is 1. The highest BCUT2D eigenvalue weighted by Gasteiger charge is 2.18. The molecule has 0 saturated carbocycles. The second-order valence-electron chi connectivity index (χ2n) is 6.24. The van der Waals surface area contributed by atoms with Crippen LogP contribution in [0.25, 0.3) is 21.9 Å². The Morgan fingerprint density at radius 2 is 1.93 bits per heavy atom. The molecule has 0 aliphatic heterocycles. The SMILES string of the molecule is Cc1c(C(=O)NNC(=O)Cc2c[nH]c3ccccc23)oc2ccc(Br)cc12. The summed E-state index contributed by atoms with van der Waals surface area (Å²) in [5.41, 5.74) is 8.03. The molecule has 2 amide bonds. The topological polar surface area (TPSA) is 87.1 Å². The van der Waals surface area contributed by atoms with Gasteiger partial charge in [-0.25, -0.2) is 0 Å². The van der Waals surface area contributed by atoms with E-state index < -0.39 is 5.91 Å². The average Bonchev–Trinajstić information content (AvgIpc) is 3.21. The van der Waals surface area contributed by atoms with Crippen molar-refractivity contribution < 1.29 is 14.0 Å². The molecule has 0 fully saturated rings. The zero-order valence-corrected chi connectivity index (χ0v) is 16.0. The van der Waals surface area contributed by atoms with Crippen molar-refractivity contribution in [2.45, 2.75) is 13.3 Å². The molecule has 0 aliphatic rings. The van der Waals surface area contributed by atoms with Crippen LogP contribution in [0.4, 0.5) is 0 Å². The Kier molecular flexibility index (Phi) is 4.45. The monoisotopic (exact) mass is 425 g/mol. The van der Waals surface area contributed by atoms with Crippen LogP contribution in [0.3, 0.4) is 0 Å². The van der Waals surface area contributed by atoms with E-state index in [9.17, 15) is 9.59 Å². The van der Waals surface area contributed by atoms with Crippen LogP contribution < -0.4 is 10.9 Å². The summed E-state index contributed by atoms with van der Waals surface area (Å²) in [5.74, 6) is -0.632. The normalized spacial score (nSPS) is 11.0. The lowest BCUT2D eigenvalue weighted by Crippen LogP contribution is -2.42. The van der Waals surface area contributed by atoms with Crippen molar-refractivity contribution in [3.8, 4) is 0 Å². The number of fused-ring (bicyclic) bond motifs is 2. The van der Waals surface area contributed by atoms with E-state index in [1.54, 1.807) is 19.2 Å². The van der Waals surface area contributed by atoms with Crippen molar-refractivity contribution in [1.82, 2.24) is 15.8 Å². The van der Waals surface area contributed by atoms with Crippen LogP contribution in [0, 0.1) is 6.92 Å². The molecule has 0 saturated heterocycles. The van der Waals surface area contributed by atoms with Crippen molar-refractivity contribution >= 4 is 49.6 Å². The quantitative estimate of drug-likeness (QED) is 0.433. The van der Waals surface area contributed by atoms with Crippen molar-refractivity contribution in [2.24, 2.45) is 0 Å². The zero-order valence-electron chi connectivity index (χ0n) is 14.4. The van der Waals surface area contributed by atoms with Crippen LogP contribution in [-0.2, 0) is 11.2 Å². The van der Waals surface area contributed by atoms with Crippen LogP contribution in [0.5, 0.6) is 0 Å². The summed E-state index contributed by atoms with van der Waals surface area (Å²) in [5, 5.41) is 1.83. The first kappa shape index (κ1) is 17.4. The third-order valence-electron chi connectivity index (χ3n) is 4.45. The fourth-order valence-corrected chi connectivity index (χ4v) is 3.45. The summed E-state index contributed by atoms with van der Waals surface area (Å²) >= 11 is 3.41. The lowest BCUT2D eigenvalue weighted by atomic mass is 10.1. The van der Waals surface area contributed by atoms with E-state index in [4.69, 9.17) is 4.42 Å². The van der Waals surface area contributed by atoms with Gasteiger partial charge in [-0.05, 0) is 36.8 Å². The molecule has 136 valence electrons. The van der Waals surface area contributed by atoms with Crippen molar-refractivity contribution in [3.05, 3.63) is 70.0 Å². The summed E-state index contributed by atoms with van der Waals surface area (Å²) in [6.45, 7) is 1.81. The van der Waals surface area contributed by atoms with Gasteiger partial charge < -0.3 is 9.40 Å². The van der Waals surface area contributed by atoms with Gasteiger partial charge in [0.1, 0.15) is 5.58 Å². The fourth-order valence-electron chi connectivity index (χ4n) is 3.09. The van der Waals surface area contributed by atoms with E-state index in [1.165, 1.54) is 0 Å². The molecule has 27 heavy (non-hydrogen) atoms. The van der Waals surface area contributed by atoms with Gasteiger partial charge in [0.25, 0.3) is 0 Å². The van der Waals surface area contributed by atoms with Gasteiger partial charge in [-0.1, -0.05) is 34.1 Å². The lowest BCUT2D eigenvalue weighted by Gasteiger charge is -2.06. The summed E-state index contributed by atoms with van der Waals surface area (Å²) in [7, 11) is 0. The Bertz CT molecular complexity index is 1180. The lowest BCUT2D eigenvalue weighted by molar-refractivity contribution is -0.121. The maximum Gasteiger partial charge on any atom is 0.305 e. The molecule has 0 unspecified atom stereocenters. The van der Waals surface area contributed by atoms with E-state index in [1.807, 2.05) is 36.4 Å². The second kappa shape index (κ2) is 6.92. The third kappa shape index (κ3) is 3.33. The highest BCUT2D eigenvalue weighted by atomic mass is 79.9. The van der Waals surface area contributed by atoms with Crippen molar-refractivity contribution in [3.63, 3.8) is 0 Å². The van der Waals surface area contributed by atoms with Crippen LogP contribution in [0.1, 0.15) is 21.7 Å². The van der Waals surface area contributed by atoms with Gasteiger partial charge in [-0.2, -0.15) is 0 Å². The standard InChI is InChI=1S/C20H16BrN3O3/c1-11-15-9-13(21)6-7-17(15)27-19(11)20(26)24-23-18(25)8-12-10-22-16-5-3-2-4-14(12)16/h2-7,9-10,22H,8H2,1H3,(H,23,25)(H,24,26). The number of carbonyl (C=O) groups is 2. The van der Waals surface area contributed by atoms with Crippen LogP contribution in [0.15, 0.2) is 57.6 Å². The van der Waals surface area contributed by atoms with Crippen molar-refractivity contribution in [1.29, 1.82) is 0 Å². The number of halogens is 1. The first-order valence-electron chi connectivity index (χ1n) is 8.36. The molecule has 2 aromatic carbocycles. The van der Waals surface area contributed by atoms with E-state index in [-0.39, 0.29) is 18.1 Å². The van der Waals surface area contributed by atoms with Crippen LogP contribution in [-0.4, -0.2) is 16.8 Å². The van der Waals surface area contributed by atoms with Gasteiger partial charge in [-0.3, -0.25) is 20.4 Å². The second-order valence-corrected chi connectivity index (χ2v) is 7.15. The van der Waals surface area contributed by atoms with Gasteiger partial charge in [0.05, 0.1) is 6.42 Å². The zero-order chi connectivity index (χ0) is 19.0. The van der Waals surface area contributed by atoms with E-state index in [0.717, 1.165) is 31.9 Å². The van der Waals surface area contributed by atoms with Crippen molar-refractivity contribution in [2.75, 3.05) is 0 Å². The summed E-state index contributed by atoms with van der Waals surface area (Å²) in [6.07, 6.45) is 1.95. The Morgan fingerprint density at radius 3 is 2.78 bits per heavy atom. The molecule has 6 nitrogen and oxygen atoms in total. The van der Waals surface area contributed by atoms with E-state index >= 15 is 0 Å². The number of hydrogen-bond acceptors (Lipinski definition) is 3. The Hall–Kier alpha value is -3.06. The number of hydrazine groups is 1. The molecular formula is C20H16BrN3O3. The number of aromatic amines is 1. The maximum absolute atomic E-state index is 12.4. The molecule has 4 rings (SSSR count). The number of para-hydroxylation sites is 1. The van der Waals surface area contributed by atoms with Gasteiger partial charge in [0, 0.05) is 32.5 Å². The highest BCUT2D eigenvalue weighted by Crippen LogP contribution is 2.27. The van der Waals surface area contributed by atoms with E-state index in [2.05, 4.69) is 31.8 Å². The minimum atomic E-state index is -0.493. The van der Waals surface area contributed by atoms with Crippen LogP contribution >= 0.6 is 15.9 Å². The molecule has 3 N–H and O–H groups in total. The molecule has 0 atom stereocenters. The summed E-state index contributed by atoms with van der Waals surface area (Å²) < 4.78 is 6.52. The molecule has 0 radical (unpaired) electrons. The molecule has 4 aromatic rings. The average molecular weight is 426 g/mol. The molecule has 0 spiro atoms. The predicted molar refractivity (Wildman–Crippen MR) is 106 cm³/mol. The smallest absolute Gasteiger partial charge is 0.305 e. The minimum absolute atomic E-state index is 0.149. The Morgan fingerprint density at radius 1 is 1.11 bits per heavy atom. The first-order valence-corrected chi connectivity index (χ1v) is 9.15. The van der Waals surface area contributed by atoms with Gasteiger partial charge in [0.15, 0.2) is 5.76 Å². The first-order chi connectivity index (χ1) is 13.0. The number of nitrogens with one attached hydrogen (secondary N) is 3. The number of aromatic nitrogens is 1. The number of hydrogen-bond donors (Lipinski definition) is 3. The fraction of sp³-hybridized carbons (Fsp3) is 0.100. The van der Waals surface area contributed by atoms with Crippen LogP contribution in [0.2, 0.25) is 0 Å². The maximum atomic E-state index is 12.4. The number of carbonyl (C=O) groups excluding carboxylic acids is 2. The van der Waals surface area contributed by atoms with Gasteiger partial charge >= 0.3 is 5.91 Å². The number of rotatable bonds is 3. The minimum Gasteiger partial charge on any atom is -0.451 e. The van der Waals surface area contributed by atoms with Gasteiger partial charge in [0.2, 0.25) is 5.91 Å². The highest BCUT2D eigenvalue weighted by molar-refractivity contribution is 9.10. The largest absolute Gasteiger partial charge is 0.451 e. The molecule has 2 aromatic heterocycles. The third-order valence-corrected chi connectivity index (χ3v) is 4.94. The summed E-state index contributed by atoms with van der Waals surface area (Å²) in [4.78, 5) is 27.7. The summed E-state index contributed by atoms with van der Waals surface area (Å²) in [6, 6.07) is 13.3. The van der Waals surface area contributed by atoms with E-state index in [0.29, 0.717) is 5.58 Å². The Labute approximate surface area is 163 Å². The molecule has 0 bridgehead atoms. The molecule has 2 heterocycles. The number of furan rings is 1. The molecule has 0 aliphatic carbocycles. The number of benzene rings is 2. The number of amides is 2. The Balaban J connectivity index is 1.44. The molecule has 7 heteroatoms.